The van der Waals surface area contributed by atoms with Crippen LogP contribution in [0.25, 0.3) is 0 Å². The highest BCUT2D eigenvalue weighted by Gasteiger charge is 2.17. The molecule has 116 valence electrons. The van der Waals surface area contributed by atoms with Gasteiger partial charge in [-0.3, -0.25) is 14.9 Å². The maximum atomic E-state index is 11.1. The zero-order chi connectivity index (χ0) is 16.3. The molecule has 22 heavy (non-hydrogen) atoms. The Morgan fingerprint density at radius 3 is 2.59 bits per heavy atom. The highest BCUT2D eigenvalue weighted by Crippen LogP contribution is 2.34. The van der Waals surface area contributed by atoms with Gasteiger partial charge in [0.25, 0.3) is 5.69 Å². The van der Waals surface area contributed by atoms with Crippen LogP contribution in [-0.2, 0) is 10.7 Å². The van der Waals surface area contributed by atoms with Gasteiger partial charge >= 0.3 is 0 Å². The van der Waals surface area contributed by atoms with Crippen LogP contribution in [0.4, 0.5) is 5.69 Å². The van der Waals surface area contributed by atoms with Crippen molar-refractivity contribution in [2.75, 3.05) is 5.75 Å². The van der Waals surface area contributed by atoms with E-state index < -0.39 is 15.6 Å². The standard InChI is InChI=1S/C14H12Cl2N2O3S/c1-2-22(17)14-8-10(4-5-12(14)18(19)20)21-13-6-3-9(15)7-11(13)16/h3-8,17H,2H2,1H3. The Hall–Kier alpha value is -1.63. The Morgan fingerprint density at radius 1 is 1.27 bits per heavy atom. The average molecular weight is 359 g/mol. The molecule has 8 heteroatoms. The third kappa shape index (κ3) is 3.76. The second-order valence-corrected chi connectivity index (χ2v) is 6.89. The van der Waals surface area contributed by atoms with Gasteiger partial charge in [0.1, 0.15) is 11.5 Å². The Morgan fingerprint density at radius 2 is 2.00 bits per heavy atom. The fourth-order valence-electron chi connectivity index (χ4n) is 1.75. The largest absolute Gasteiger partial charge is 0.456 e. The molecule has 2 aromatic carbocycles. The molecule has 0 heterocycles. The number of hydrogen-bond donors (Lipinski definition) is 1. The van der Waals surface area contributed by atoms with E-state index in [0.29, 0.717) is 32.2 Å². The molecule has 0 amide bonds. The smallest absolute Gasteiger partial charge is 0.284 e. The van der Waals surface area contributed by atoms with Crippen molar-refractivity contribution in [2.24, 2.45) is 0 Å². The Labute approximate surface area is 139 Å². The van der Waals surface area contributed by atoms with Crippen molar-refractivity contribution in [1.29, 1.82) is 4.78 Å². The third-order valence-corrected chi connectivity index (χ3v) is 4.77. The maximum Gasteiger partial charge on any atom is 0.284 e. The molecule has 0 aromatic heterocycles. The van der Waals surface area contributed by atoms with Crippen LogP contribution in [-0.4, -0.2) is 10.7 Å². The number of nitrogens with one attached hydrogen (secondary N) is 1. The number of halogens is 2. The van der Waals surface area contributed by atoms with Crippen molar-refractivity contribution in [3.8, 4) is 11.5 Å². The van der Waals surface area contributed by atoms with Crippen molar-refractivity contribution in [3.63, 3.8) is 0 Å². The van der Waals surface area contributed by atoms with Gasteiger partial charge in [-0.2, -0.15) is 0 Å². The first-order valence-corrected chi connectivity index (χ1v) is 8.40. The fourth-order valence-corrected chi connectivity index (χ4v) is 3.16. The Bertz CT molecular complexity index is 753. The van der Waals surface area contributed by atoms with E-state index in [1.54, 1.807) is 18.2 Å². The molecule has 0 fully saturated rings. The van der Waals surface area contributed by atoms with E-state index >= 15 is 0 Å². The summed E-state index contributed by atoms with van der Waals surface area (Å²) in [6, 6.07) is 9.15. The molecule has 2 aromatic rings. The molecule has 0 aliphatic carbocycles. The predicted octanol–water partition coefficient (Wildman–Crippen LogP) is 5.45. The minimum Gasteiger partial charge on any atom is -0.456 e. The van der Waals surface area contributed by atoms with Crippen LogP contribution in [0.3, 0.4) is 0 Å². The van der Waals surface area contributed by atoms with Crippen LogP contribution >= 0.6 is 23.2 Å². The summed E-state index contributed by atoms with van der Waals surface area (Å²) in [5, 5.41) is 11.9. The second-order valence-electron chi connectivity index (χ2n) is 4.24. The van der Waals surface area contributed by atoms with Crippen molar-refractivity contribution < 1.29 is 9.66 Å². The van der Waals surface area contributed by atoms with E-state index in [1.165, 1.54) is 18.2 Å². The molecular weight excluding hydrogens is 347 g/mol. The molecular formula is C14H12Cl2N2O3S. The quantitative estimate of drug-likeness (QED) is 0.569. The number of nitrogens with zero attached hydrogens (tertiary/aromatic N) is 1. The number of ether oxygens (including phenoxy) is 1. The summed E-state index contributed by atoms with van der Waals surface area (Å²) in [6.07, 6.45) is 0. The van der Waals surface area contributed by atoms with Gasteiger partial charge < -0.3 is 4.74 Å². The molecule has 1 unspecified atom stereocenters. The summed E-state index contributed by atoms with van der Waals surface area (Å²) in [5.74, 6) is 1.28. The minimum absolute atomic E-state index is 0.0743. The zero-order valence-electron chi connectivity index (χ0n) is 11.5. The monoisotopic (exact) mass is 358 g/mol. The lowest BCUT2D eigenvalue weighted by Crippen LogP contribution is -1.99. The summed E-state index contributed by atoms with van der Waals surface area (Å²) < 4.78 is 13.6. The molecule has 0 spiro atoms. The number of rotatable bonds is 5. The van der Waals surface area contributed by atoms with Gasteiger partial charge in [0.05, 0.1) is 14.8 Å². The number of benzene rings is 2. The van der Waals surface area contributed by atoms with E-state index in [-0.39, 0.29) is 5.69 Å². The topological polar surface area (TPSA) is 76.2 Å². The average Bonchev–Trinajstić information content (AvgIpc) is 2.49. The van der Waals surface area contributed by atoms with Crippen LogP contribution in [0, 0.1) is 14.9 Å². The molecule has 1 atom stereocenters. The molecule has 0 saturated carbocycles. The van der Waals surface area contributed by atoms with Crippen LogP contribution in [0.5, 0.6) is 11.5 Å². The van der Waals surface area contributed by atoms with Gasteiger partial charge in [-0.15, -0.1) is 0 Å². The Kier molecular flexibility index (Phi) is 5.39. The molecule has 5 nitrogen and oxygen atoms in total. The van der Waals surface area contributed by atoms with Gasteiger partial charge in [-0.05, 0) is 24.3 Å². The highest BCUT2D eigenvalue weighted by molar-refractivity contribution is 7.86. The molecule has 0 aliphatic rings. The normalized spacial score (nSPS) is 12.0. The number of nitro benzene ring substituents is 1. The summed E-state index contributed by atoms with van der Waals surface area (Å²) in [5.41, 5.74) is -0.0743. The van der Waals surface area contributed by atoms with E-state index in [9.17, 15) is 10.1 Å². The molecule has 2 rings (SSSR count). The van der Waals surface area contributed by atoms with Gasteiger partial charge in [-0.25, -0.2) is 0 Å². The molecule has 1 N–H and O–H groups in total. The fraction of sp³-hybridized carbons (Fsp3) is 0.143. The maximum absolute atomic E-state index is 11.1. The minimum atomic E-state index is -0.976. The lowest BCUT2D eigenvalue weighted by Gasteiger charge is -2.10. The predicted molar refractivity (Wildman–Crippen MR) is 88.5 cm³/mol. The SMILES string of the molecule is CCS(=N)c1cc(Oc2ccc(Cl)cc2Cl)ccc1[N+](=O)[O-]. The Balaban J connectivity index is 2.40. The van der Waals surface area contributed by atoms with Crippen LogP contribution in [0.1, 0.15) is 6.92 Å². The van der Waals surface area contributed by atoms with Crippen molar-refractivity contribution >= 4 is 39.6 Å². The lowest BCUT2D eigenvalue weighted by molar-refractivity contribution is -0.387. The first kappa shape index (κ1) is 16.7. The van der Waals surface area contributed by atoms with E-state index in [4.69, 9.17) is 32.7 Å². The molecule has 0 bridgehead atoms. The highest BCUT2D eigenvalue weighted by atomic mass is 35.5. The van der Waals surface area contributed by atoms with Crippen molar-refractivity contribution in [2.45, 2.75) is 11.8 Å². The molecule has 0 radical (unpaired) electrons. The first-order chi connectivity index (χ1) is 10.4. The van der Waals surface area contributed by atoms with Gasteiger partial charge in [-0.1, -0.05) is 40.8 Å². The third-order valence-electron chi connectivity index (χ3n) is 2.80. The van der Waals surface area contributed by atoms with Crippen molar-refractivity contribution in [3.05, 3.63) is 56.6 Å². The van der Waals surface area contributed by atoms with Crippen LogP contribution in [0.2, 0.25) is 10.0 Å². The van der Waals surface area contributed by atoms with E-state index in [2.05, 4.69) is 0 Å². The molecule has 0 saturated heterocycles. The van der Waals surface area contributed by atoms with Gasteiger partial charge in [0.15, 0.2) is 0 Å². The van der Waals surface area contributed by atoms with Crippen LogP contribution < -0.4 is 4.74 Å². The summed E-state index contributed by atoms with van der Waals surface area (Å²) in [7, 11) is -0.976. The second kappa shape index (κ2) is 7.09. The number of hydrogen-bond acceptors (Lipinski definition) is 4. The summed E-state index contributed by atoms with van der Waals surface area (Å²) in [4.78, 5) is 10.9. The number of nitro groups is 1. The summed E-state index contributed by atoms with van der Waals surface area (Å²) in [6.45, 7) is 1.81. The lowest BCUT2D eigenvalue weighted by atomic mass is 10.3. The van der Waals surface area contributed by atoms with E-state index in [1.807, 2.05) is 6.92 Å². The van der Waals surface area contributed by atoms with Crippen molar-refractivity contribution in [1.82, 2.24) is 0 Å². The zero-order valence-corrected chi connectivity index (χ0v) is 13.8. The van der Waals surface area contributed by atoms with E-state index in [0.717, 1.165) is 0 Å². The van der Waals surface area contributed by atoms with Crippen LogP contribution in [0.15, 0.2) is 41.3 Å². The van der Waals surface area contributed by atoms with Gasteiger partial charge in [0.2, 0.25) is 0 Å². The molecule has 0 aliphatic heterocycles. The summed E-state index contributed by atoms with van der Waals surface area (Å²) >= 11 is 11.9. The van der Waals surface area contributed by atoms with Gasteiger partial charge in [0, 0.05) is 22.9 Å². The first-order valence-electron chi connectivity index (χ1n) is 6.26.